The van der Waals surface area contributed by atoms with Crippen LogP contribution in [0.4, 0.5) is 0 Å². The third-order valence-electron chi connectivity index (χ3n) is 3.57. The first-order valence-electron chi connectivity index (χ1n) is 6.72. The van der Waals surface area contributed by atoms with E-state index in [0.29, 0.717) is 5.76 Å². The van der Waals surface area contributed by atoms with E-state index in [2.05, 4.69) is 15.0 Å². The Kier molecular flexibility index (Phi) is 3.69. The minimum absolute atomic E-state index is 0.0450. The fourth-order valence-electron chi connectivity index (χ4n) is 2.58. The molecule has 0 amide bonds. The van der Waals surface area contributed by atoms with E-state index in [-0.39, 0.29) is 6.04 Å². The summed E-state index contributed by atoms with van der Waals surface area (Å²) in [4.78, 5) is 12.2. The topological polar surface area (TPSA) is 61.3 Å². The zero-order valence-corrected chi connectivity index (χ0v) is 12.2. The van der Waals surface area contributed by atoms with Gasteiger partial charge in [-0.25, -0.2) is 4.98 Å². The molecule has 104 valence electrons. The maximum atomic E-state index is 9.73. The predicted molar refractivity (Wildman–Crippen MR) is 82.4 cm³/mol. The van der Waals surface area contributed by atoms with Gasteiger partial charge in [0.15, 0.2) is 0 Å². The molecule has 3 rings (SSSR count). The van der Waals surface area contributed by atoms with E-state index in [9.17, 15) is 5.11 Å². The van der Waals surface area contributed by atoms with Gasteiger partial charge in [-0.3, -0.25) is 4.99 Å². The third kappa shape index (κ3) is 2.54. The molecule has 2 aromatic heterocycles. The number of aryl methyl sites for hydroxylation is 1. The molecule has 0 saturated carbocycles. The van der Waals surface area contributed by atoms with Crippen LogP contribution in [0.25, 0.3) is 6.08 Å². The van der Waals surface area contributed by atoms with Crippen LogP contribution in [-0.2, 0) is 12.8 Å². The maximum Gasteiger partial charge on any atom is 0.0964 e. The van der Waals surface area contributed by atoms with Crippen LogP contribution in [0.1, 0.15) is 41.9 Å². The van der Waals surface area contributed by atoms with Gasteiger partial charge < -0.3 is 10.1 Å². The number of nitrogens with one attached hydrogen (secondary N) is 1. The number of H-pyrrole nitrogens is 1. The predicted octanol–water partition coefficient (Wildman–Crippen LogP) is 3.69. The molecule has 0 bridgehead atoms. The first-order valence-corrected chi connectivity index (χ1v) is 7.66. The van der Waals surface area contributed by atoms with Crippen LogP contribution in [0.5, 0.6) is 0 Å². The number of aromatic nitrogens is 2. The lowest BCUT2D eigenvalue weighted by atomic mass is 9.96. The van der Waals surface area contributed by atoms with Gasteiger partial charge in [0, 0.05) is 35.7 Å². The van der Waals surface area contributed by atoms with Crippen molar-refractivity contribution in [3.05, 3.63) is 45.4 Å². The van der Waals surface area contributed by atoms with Gasteiger partial charge >= 0.3 is 0 Å². The largest absolute Gasteiger partial charge is 0.512 e. The Balaban J connectivity index is 1.89. The van der Waals surface area contributed by atoms with Crippen LogP contribution < -0.4 is 0 Å². The van der Waals surface area contributed by atoms with Crippen molar-refractivity contribution in [1.82, 2.24) is 9.97 Å². The minimum atomic E-state index is 0.0450. The highest BCUT2D eigenvalue weighted by Crippen LogP contribution is 2.29. The highest BCUT2D eigenvalue weighted by molar-refractivity contribution is 7.07. The first-order chi connectivity index (χ1) is 9.78. The number of aliphatic hydroxyl groups is 1. The Morgan fingerprint density at radius 3 is 3.20 bits per heavy atom. The normalized spacial score (nSPS) is 16.1. The SMILES string of the molecule is CC=N[C@@H](Cc1c[nH]c2c1C=C(O)CC2)c1cscn1. The molecule has 20 heavy (non-hydrogen) atoms. The van der Waals surface area contributed by atoms with Crippen LogP contribution in [0, 0.1) is 0 Å². The second-order valence-electron chi connectivity index (χ2n) is 4.88. The van der Waals surface area contributed by atoms with Crippen molar-refractivity contribution in [3.8, 4) is 0 Å². The van der Waals surface area contributed by atoms with Crippen LogP contribution in [0.15, 0.2) is 27.8 Å². The quantitative estimate of drug-likeness (QED) is 0.842. The summed E-state index contributed by atoms with van der Waals surface area (Å²) in [6, 6.07) is 0.0450. The number of allylic oxidation sites excluding steroid dienone is 1. The van der Waals surface area contributed by atoms with Gasteiger partial charge in [-0.15, -0.1) is 11.3 Å². The average Bonchev–Trinajstić information content (AvgIpc) is 3.08. The molecule has 0 aliphatic heterocycles. The Hall–Kier alpha value is -1.88. The van der Waals surface area contributed by atoms with Gasteiger partial charge in [0.25, 0.3) is 0 Å². The summed E-state index contributed by atoms with van der Waals surface area (Å²) in [6.45, 7) is 1.93. The van der Waals surface area contributed by atoms with Crippen molar-refractivity contribution in [2.24, 2.45) is 4.99 Å². The Morgan fingerprint density at radius 1 is 1.55 bits per heavy atom. The zero-order chi connectivity index (χ0) is 13.9. The molecule has 0 aromatic carbocycles. The van der Waals surface area contributed by atoms with E-state index in [1.54, 1.807) is 11.3 Å². The molecular weight excluding hydrogens is 270 g/mol. The number of aliphatic imine (C=N–C) groups is 1. The maximum absolute atomic E-state index is 9.73. The average molecular weight is 287 g/mol. The molecule has 0 saturated heterocycles. The van der Waals surface area contributed by atoms with Crippen LogP contribution in [0.2, 0.25) is 0 Å². The van der Waals surface area contributed by atoms with E-state index in [1.165, 1.54) is 11.3 Å². The van der Waals surface area contributed by atoms with Crippen molar-refractivity contribution >= 4 is 23.6 Å². The van der Waals surface area contributed by atoms with Gasteiger partial charge in [0.2, 0.25) is 0 Å². The van der Waals surface area contributed by atoms with Crippen LogP contribution in [0.3, 0.4) is 0 Å². The number of rotatable bonds is 4. The highest BCUT2D eigenvalue weighted by Gasteiger charge is 2.19. The van der Waals surface area contributed by atoms with E-state index < -0.39 is 0 Å². The fraction of sp³-hybridized carbons (Fsp3) is 0.333. The van der Waals surface area contributed by atoms with E-state index in [1.807, 2.05) is 36.3 Å². The lowest BCUT2D eigenvalue weighted by Gasteiger charge is -2.13. The molecule has 2 heterocycles. The second-order valence-corrected chi connectivity index (χ2v) is 5.60. The Labute approximate surface area is 121 Å². The number of thiazole rings is 1. The van der Waals surface area contributed by atoms with Gasteiger partial charge in [-0.1, -0.05) is 0 Å². The molecule has 2 aromatic rings. The van der Waals surface area contributed by atoms with Crippen molar-refractivity contribution in [2.45, 2.75) is 32.2 Å². The monoisotopic (exact) mass is 287 g/mol. The summed E-state index contributed by atoms with van der Waals surface area (Å²) in [6.07, 6.45) is 8.12. The summed E-state index contributed by atoms with van der Waals surface area (Å²) >= 11 is 1.59. The summed E-state index contributed by atoms with van der Waals surface area (Å²) in [5, 5.41) is 11.8. The zero-order valence-electron chi connectivity index (χ0n) is 11.3. The van der Waals surface area contributed by atoms with Gasteiger partial charge in [-0.2, -0.15) is 0 Å². The van der Waals surface area contributed by atoms with Crippen molar-refractivity contribution in [1.29, 1.82) is 0 Å². The molecular formula is C15H17N3OS. The molecule has 1 aliphatic carbocycles. The minimum Gasteiger partial charge on any atom is -0.512 e. The van der Waals surface area contributed by atoms with Gasteiger partial charge in [0.05, 0.1) is 23.0 Å². The van der Waals surface area contributed by atoms with Crippen molar-refractivity contribution in [3.63, 3.8) is 0 Å². The summed E-state index contributed by atoms with van der Waals surface area (Å²) < 4.78 is 0. The number of nitrogens with zero attached hydrogens (tertiary/aromatic N) is 2. The van der Waals surface area contributed by atoms with Crippen molar-refractivity contribution in [2.75, 3.05) is 0 Å². The van der Waals surface area contributed by atoms with E-state index in [4.69, 9.17) is 0 Å². The van der Waals surface area contributed by atoms with E-state index >= 15 is 0 Å². The smallest absolute Gasteiger partial charge is 0.0964 e. The Bertz CT molecular complexity index is 640. The molecule has 0 fully saturated rings. The molecule has 4 nitrogen and oxygen atoms in total. The molecule has 2 N–H and O–H groups in total. The molecule has 0 unspecified atom stereocenters. The summed E-state index contributed by atoms with van der Waals surface area (Å²) in [5.41, 5.74) is 6.36. The van der Waals surface area contributed by atoms with Crippen molar-refractivity contribution < 1.29 is 5.11 Å². The second kappa shape index (κ2) is 5.63. The molecule has 0 radical (unpaired) electrons. The van der Waals surface area contributed by atoms with Gasteiger partial charge in [-0.05, 0) is 31.2 Å². The number of hydrogen-bond donors (Lipinski definition) is 2. The standard InChI is InChI=1S/C15H17N3OS/c1-2-16-14(15-8-20-9-18-15)5-10-7-17-13-4-3-11(19)6-12(10)13/h2,6-9,14,17,19H,3-5H2,1H3/t14-/m0/s1. The molecule has 1 aliphatic rings. The first kappa shape index (κ1) is 13.1. The number of fused-ring (bicyclic) bond motifs is 1. The molecule has 1 atom stereocenters. The lowest BCUT2D eigenvalue weighted by Crippen LogP contribution is -2.03. The highest BCUT2D eigenvalue weighted by atomic mass is 32.1. The van der Waals surface area contributed by atoms with Gasteiger partial charge in [0.1, 0.15) is 0 Å². The fourth-order valence-corrected chi connectivity index (χ4v) is 3.18. The lowest BCUT2D eigenvalue weighted by molar-refractivity contribution is 0.391. The summed E-state index contributed by atoms with van der Waals surface area (Å²) in [5.74, 6) is 0.461. The number of aromatic amines is 1. The van der Waals surface area contributed by atoms with E-state index in [0.717, 1.165) is 30.5 Å². The molecule has 5 heteroatoms. The van der Waals surface area contributed by atoms with Crippen LogP contribution in [-0.4, -0.2) is 21.3 Å². The summed E-state index contributed by atoms with van der Waals surface area (Å²) in [7, 11) is 0. The number of aliphatic hydroxyl groups excluding tert-OH is 1. The third-order valence-corrected chi connectivity index (χ3v) is 4.17. The Morgan fingerprint density at radius 2 is 2.45 bits per heavy atom. The molecule has 0 spiro atoms. The number of hydrogen-bond acceptors (Lipinski definition) is 4. The van der Waals surface area contributed by atoms with Crippen LogP contribution >= 0.6 is 11.3 Å².